The highest BCUT2D eigenvalue weighted by molar-refractivity contribution is 7.22. The molecule has 2 rings (SSSR count). The number of rotatable bonds is 4. The summed E-state index contributed by atoms with van der Waals surface area (Å²) < 4.78 is 0.800. The van der Waals surface area contributed by atoms with E-state index in [-0.39, 0.29) is 5.69 Å². The number of anilines is 1. The fourth-order valence-electron chi connectivity index (χ4n) is 1.28. The maximum atomic E-state index is 10.6. The fourth-order valence-corrected chi connectivity index (χ4v) is 2.21. The van der Waals surface area contributed by atoms with Crippen LogP contribution in [0.2, 0.25) is 0 Å². The summed E-state index contributed by atoms with van der Waals surface area (Å²) in [6.45, 7) is 1.16. The molecule has 0 atom stereocenters. The molecule has 2 aromatic rings. The SMILES string of the molecule is NCCNc1nc2ccc([N+](=O)[O-])cc2s1. The molecule has 0 saturated carbocycles. The number of nitro groups is 1. The number of thiazole rings is 1. The Kier molecular flexibility index (Phi) is 2.97. The molecular weight excluding hydrogens is 228 g/mol. The first-order valence-corrected chi connectivity index (χ1v) is 5.51. The smallest absolute Gasteiger partial charge is 0.270 e. The first-order chi connectivity index (χ1) is 7.70. The van der Waals surface area contributed by atoms with Crippen molar-refractivity contribution in [2.75, 3.05) is 18.4 Å². The monoisotopic (exact) mass is 238 g/mol. The minimum atomic E-state index is -0.411. The predicted octanol–water partition coefficient (Wildman–Crippen LogP) is 1.58. The van der Waals surface area contributed by atoms with Gasteiger partial charge in [-0.15, -0.1) is 0 Å². The van der Waals surface area contributed by atoms with Crippen molar-refractivity contribution < 1.29 is 4.92 Å². The molecule has 3 N–H and O–H groups in total. The number of nitro benzene ring substituents is 1. The summed E-state index contributed by atoms with van der Waals surface area (Å²) in [5.41, 5.74) is 6.20. The average molecular weight is 238 g/mol. The molecule has 0 amide bonds. The van der Waals surface area contributed by atoms with Gasteiger partial charge >= 0.3 is 0 Å². The van der Waals surface area contributed by atoms with E-state index in [9.17, 15) is 10.1 Å². The van der Waals surface area contributed by atoms with E-state index < -0.39 is 4.92 Å². The lowest BCUT2D eigenvalue weighted by molar-refractivity contribution is -0.384. The number of aromatic nitrogens is 1. The zero-order chi connectivity index (χ0) is 11.5. The molecular formula is C9H10N4O2S. The Labute approximate surface area is 95.2 Å². The van der Waals surface area contributed by atoms with E-state index in [1.165, 1.54) is 23.5 Å². The summed E-state index contributed by atoms with van der Waals surface area (Å²) in [6, 6.07) is 4.63. The van der Waals surface area contributed by atoms with Gasteiger partial charge in [-0.2, -0.15) is 0 Å². The van der Waals surface area contributed by atoms with Gasteiger partial charge in [0, 0.05) is 25.2 Å². The first-order valence-electron chi connectivity index (χ1n) is 4.69. The third-order valence-electron chi connectivity index (χ3n) is 2.00. The van der Waals surface area contributed by atoms with E-state index >= 15 is 0 Å². The van der Waals surface area contributed by atoms with Gasteiger partial charge in [-0.25, -0.2) is 4.98 Å². The van der Waals surface area contributed by atoms with Crippen LogP contribution in [0.3, 0.4) is 0 Å². The lowest BCUT2D eigenvalue weighted by Crippen LogP contribution is -2.12. The maximum absolute atomic E-state index is 10.6. The second-order valence-electron chi connectivity index (χ2n) is 3.14. The van der Waals surface area contributed by atoms with Crippen molar-refractivity contribution in [3.63, 3.8) is 0 Å². The Morgan fingerprint density at radius 3 is 3.06 bits per heavy atom. The standard InChI is InChI=1S/C9H10N4O2S/c10-3-4-11-9-12-7-2-1-6(13(14)15)5-8(7)16-9/h1-2,5H,3-4,10H2,(H,11,12). The molecule has 16 heavy (non-hydrogen) atoms. The molecule has 1 aromatic carbocycles. The minimum absolute atomic E-state index is 0.0847. The molecule has 0 spiro atoms. The highest BCUT2D eigenvalue weighted by Gasteiger charge is 2.09. The van der Waals surface area contributed by atoms with E-state index in [1.54, 1.807) is 6.07 Å². The Morgan fingerprint density at radius 1 is 1.56 bits per heavy atom. The van der Waals surface area contributed by atoms with Crippen LogP contribution >= 0.6 is 11.3 Å². The van der Waals surface area contributed by atoms with Crippen LogP contribution in [0.5, 0.6) is 0 Å². The molecule has 1 aromatic heterocycles. The highest BCUT2D eigenvalue weighted by Crippen LogP contribution is 2.28. The summed E-state index contributed by atoms with van der Waals surface area (Å²) in [5.74, 6) is 0. The largest absolute Gasteiger partial charge is 0.360 e. The van der Waals surface area contributed by atoms with Crippen LogP contribution in [0.25, 0.3) is 10.2 Å². The van der Waals surface area contributed by atoms with Crippen LogP contribution in [-0.4, -0.2) is 23.0 Å². The van der Waals surface area contributed by atoms with E-state index in [2.05, 4.69) is 10.3 Å². The summed E-state index contributed by atoms with van der Waals surface area (Å²) >= 11 is 1.39. The van der Waals surface area contributed by atoms with Gasteiger partial charge < -0.3 is 11.1 Å². The van der Waals surface area contributed by atoms with Crippen LogP contribution in [0.4, 0.5) is 10.8 Å². The van der Waals surface area contributed by atoms with Gasteiger partial charge in [-0.3, -0.25) is 10.1 Å². The van der Waals surface area contributed by atoms with Gasteiger partial charge in [0.25, 0.3) is 5.69 Å². The Bertz CT molecular complexity index is 525. The van der Waals surface area contributed by atoms with Gasteiger partial charge in [-0.1, -0.05) is 11.3 Å². The average Bonchev–Trinajstić information content (AvgIpc) is 2.67. The molecule has 6 nitrogen and oxygen atoms in total. The number of fused-ring (bicyclic) bond motifs is 1. The van der Waals surface area contributed by atoms with Crippen LogP contribution in [0.1, 0.15) is 0 Å². The van der Waals surface area contributed by atoms with Gasteiger partial charge in [-0.05, 0) is 6.07 Å². The second kappa shape index (κ2) is 4.42. The van der Waals surface area contributed by atoms with Crippen molar-refractivity contribution in [3.05, 3.63) is 28.3 Å². The summed E-state index contributed by atoms with van der Waals surface area (Å²) in [7, 11) is 0. The Balaban J connectivity index is 2.34. The highest BCUT2D eigenvalue weighted by atomic mass is 32.1. The first kappa shape index (κ1) is 10.8. The number of nitrogens with one attached hydrogen (secondary N) is 1. The van der Waals surface area contributed by atoms with Crippen molar-refractivity contribution in [2.24, 2.45) is 5.73 Å². The number of nitrogens with two attached hydrogens (primary N) is 1. The molecule has 0 aliphatic carbocycles. The van der Waals surface area contributed by atoms with Gasteiger partial charge in [0.05, 0.1) is 15.1 Å². The summed E-state index contributed by atoms with van der Waals surface area (Å²) in [4.78, 5) is 14.5. The molecule has 0 aliphatic heterocycles. The number of nitrogens with zero attached hydrogens (tertiary/aromatic N) is 2. The van der Waals surface area contributed by atoms with Crippen molar-refractivity contribution in [1.82, 2.24) is 4.98 Å². The second-order valence-corrected chi connectivity index (χ2v) is 4.17. The number of hydrogen-bond donors (Lipinski definition) is 2. The van der Waals surface area contributed by atoms with Crippen LogP contribution in [0, 0.1) is 10.1 Å². The quantitative estimate of drug-likeness (QED) is 0.623. The maximum Gasteiger partial charge on any atom is 0.270 e. The lowest BCUT2D eigenvalue weighted by atomic mass is 10.3. The molecule has 0 fully saturated rings. The van der Waals surface area contributed by atoms with Gasteiger partial charge in [0.15, 0.2) is 5.13 Å². The molecule has 0 bridgehead atoms. The van der Waals surface area contributed by atoms with E-state index in [1.807, 2.05) is 0 Å². The lowest BCUT2D eigenvalue weighted by Gasteiger charge is -1.95. The number of benzene rings is 1. The molecule has 1 heterocycles. The fraction of sp³-hybridized carbons (Fsp3) is 0.222. The molecule has 0 radical (unpaired) electrons. The Hall–Kier alpha value is -1.73. The molecule has 0 saturated heterocycles. The van der Waals surface area contributed by atoms with Gasteiger partial charge in [0.1, 0.15) is 0 Å². The molecule has 0 aliphatic rings. The van der Waals surface area contributed by atoms with E-state index in [0.717, 1.165) is 15.3 Å². The summed E-state index contributed by atoms with van der Waals surface area (Å²) in [5, 5.41) is 14.4. The normalized spacial score (nSPS) is 10.6. The van der Waals surface area contributed by atoms with Gasteiger partial charge in [0.2, 0.25) is 0 Å². The molecule has 84 valence electrons. The van der Waals surface area contributed by atoms with E-state index in [0.29, 0.717) is 13.1 Å². The zero-order valence-corrected chi connectivity index (χ0v) is 9.16. The van der Waals surface area contributed by atoms with Crippen molar-refractivity contribution in [2.45, 2.75) is 0 Å². The summed E-state index contributed by atoms with van der Waals surface area (Å²) in [6.07, 6.45) is 0. The van der Waals surface area contributed by atoms with Crippen LogP contribution in [0.15, 0.2) is 18.2 Å². The van der Waals surface area contributed by atoms with E-state index in [4.69, 9.17) is 5.73 Å². The Morgan fingerprint density at radius 2 is 2.38 bits per heavy atom. The van der Waals surface area contributed by atoms with Crippen molar-refractivity contribution >= 4 is 32.4 Å². The molecule has 0 unspecified atom stereocenters. The third kappa shape index (κ3) is 2.10. The number of hydrogen-bond acceptors (Lipinski definition) is 6. The predicted molar refractivity (Wildman–Crippen MR) is 63.8 cm³/mol. The molecule has 7 heteroatoms. The van der Waals surface area contributed by atoms with Crippen LogP contribution < -0.4 is 11.1 Å². The zero-order valence-electron chi connectivity index (χ0n) is 8.34. The minimum Gasteiger partial charge on any atom is -0.360 e. The number of non-ortho nitro benzene ring substituents is 1. The van der Waals surface area contributed by atoms with Crippen molar-refractivity contribution in [1.29, 1.82) is 0 Å². The topological polar surface area (TPSA) is 94.1 Å². The third-order valence-corrected chi connectivity index (χ3v) is 2.98. The van der Waals surface area contributed by atoms with Crippen molar-refractivity contribution in [3.8, 4) is 0 Å². The van der Waals surface area contributed by atoms with Crippen LogP contribution in [-0.2, 0) is 0 Å².